The van der Waals surface area contributed by atoms with Gasteiger partial charge in [-0.1, -0.05) is 24.3 Å². The number of hydrogen-bond acceptors (Lipinski definition) is 2. The SMILES string of the molecule is O=C/C=C(\c1ccc2c(c1)CCc1ccccc1N2)C(F)(F)F. The Hall–Kier alpha value is -2.56. The van der Waals surface area contributed by atoms with Crippen LogP contribution in [0.2, 0.25) is 0 Å². The van der Waals surface area contributed by atoms with Crippen molar-refractivity contribution in [3.63, 3.8) is 0 Å². The minimum Gasteiger partial charge on any atom is -0.355 e. The van der Waals surface area contributed by atoms with Crippen molar-refractivity contribution < 1.29 is 18.0 Å². The number of halogens is 3. The molecule has 0 bridgehead atoms. The van der Waals surface area contributed by atoms with Crippen molar-refractivity contribution in [2.75, 3.05) is 5.32 Å². The van der Waals surface area contributed by atoms with Gasteiger partial charge in [-0.15, -0.1) is 0 Å². The molecule has 0 aromatic heterocycles. The van der Waals surface area contributed by atoms with Gasteiger partial charge in [-0.05, 0) is 53.8 Å². The highest BCUT2D eigenvalue weighted by Crippen LogP contribution is 2.37. The molecule has 1 aliphatic heterocycles. The Morgan fingerprint density at radius 1 is 1.00 bits per heavy atom. The van der Waals surface area contributed by atoms with Gasteiger partial charge in [-0.25, -0.2) is 0 Å². The minimum atomic E-state index is -4.56. The van der Waals surface area contributed by atoms with E-state index in [9.17, 15) is 18.0 Å². The largest absolute Gasteiger partial charge is 0.417 e. The molecule has 0 fully saturated rings. The molecule has 23 heavy (non-hydrogen) atoms. The fourth-order valence-electron chi connectivity index (χ4n) is 2.79. The molecule has 2 aromatic carbocycles. The number of hydrogen-bond donors (Lipinski definition) is 1. The van der Waals surface area contributed by atoms with Gasteiger partial charge in [0, 0.05) is 11.4 Å². The molecule has 0 unspecified atom stereocenters. The van der Waals surface area contributed by atoms with Crippen molar-refractivity contribution in [3.05, 3.63) is 65.2 Å². The zero-order valence-electron chi connectivity index (χ0n) is 12.2. The molecule has 1 aliphatic rings. The van der Waals surface area contributed by atoms with Crippen LogP contribution in [0.4, 0.5) is 24.5 Å². The number of alkyl halides is 3. The molecule has 2 nitrogen and oxygen atoms in total. The molecule has 1 heterocycles. The summed E-state index contributed by atoms with van der Waals surface area (Å²) in [6.45, 7) is 0. The molecule has 0 spiro atoms. The van der Waals surface area contributed by atoms with Gasteiger partial charge in [-0.3, -0.25) is 4.79 Å². The zero-order chi connectivity index (χ0) is 16.4. The first-order valence-corrected chi connectivity index (χ1v) is 7.20. The third kappa shape index (κ3) is 3.13. The van der Waals surface area contributed by atoms with Gasteiger partial charge in [0.05, 0.1) is 5.57 Å². The van der Waals surface area contributed by atoms with Crippen LogP contribution in [0.25, 0.3) is 5.57 Å². The minimum absolute atomic E-state index is 0.0103. The number of carbonyl (C=O) groups excluding carboxylic acids is 1. The molecular formula is C18H14F3NO. The van der Waals surface area contributed by atoms with Crippen molar-refractivity contribution in [2.45, 2.75) is 19.0 Å². The Kier molecular flexibility index (Phi) is 3.94. The second-order valence-corrected chi connectivity index (χ2v) is 5.37. The second-order valence-electron chi connectivity index (χ2n) is 5.37. The molecule has 118 valence electrons. The lowest BCUT2D eigenvalue weighted by atomic mass is 9.98. The zero-order valence-corrected chi connectivity index (χ0v) is 12.2. The van der Waals surface area contributed by atoms with Crippen LogP contribution in [0.5, 0.6) is 0 Å². The first-order chi connectivity index (χ1) is 11.0. The predicted molar refractivity (Wildman–Crippen MR) is 83.7 cm³/mol. The van der Waals surface area contributed by atoms with E-state index in [0.29, 0.717) is 12.5 Å². The number of aryl methyl sites for hydroxylation is 2. The molecule has 0 amide bonds. The third-order valence-electron chi connectivity index (χ3n) is 3.91. The molecule has 0 saturated carbocycles. The van der Waals surface area contributed by atoms with Crippen LogP contribution in [0.1, 0.15) is 16.7 Å². The number of benzene rings is 2. The monoisotopic (exact) mass is 317 g/mol. The quantitative estimate of drug-likeness (QED) is 0.644. The summed E-state index contributed by atoms with van der Waals surface area (Å²) >= 11 is 0. The van der Waals surface area contributed by atoms with Gasteiger partial charge in [0.2, 0.25) is 0 Å². The van der Waals surface area contributed by atoms with Gasteiger partial charge in [0.1, 0.15) is 6.29 Å². The number of fused-ring (bicyclic) bond motifs is 2. The van der Waals surface area contributed by atoms with Crippen molar-refractivity contribution in [1.29, 1.82) is 0 Å². The Morgan fingerprint density at radius 2 is 1.70 bits per heavy atom. The summed E-state index contributed by atoms with van der Waals surface area (Å²) in [4.78, 5) is 10.5. The van der Waals surface area contributed by atoms with Crippen LogP contribution in [0, 0.1) is 0 Å². The highest BCUT2D eigenvalue weighted by Gasteiger charge is 2.34. The number of carbonyl (C=O) groups is 1. The van der Waals surface area contributed by atoms with Crippen LogP contribution in [-0.4, -0.2) is 12.5 Å². The van der Waals surface area contributed by atoms with E-state index in [1.807, 2.05) is 24.3 Å². The lowest BCUT2D eigenvalue weighted by Gasteiger charge is -2.14. The van der Waals surface area contributed by atoms with Gasteiger partial charge >= 0.3 is 6.18 Å². The first-order valence-electron chi connectivity index (χ1n) is 7.20. The van der Waals surface area contributed by atoms with E-state index >= 15 is 0 Å². The molecule has 0 atom stereocenters. The van der Waals surface area contributed by atoms with Crippen molar-refractivity contribution in [1.82, 2.24) is 0 Å². The van der Waals surface area contributed by atoms with Gasteiger partial charge < -0.3 is 5.32 Å². The van der Waals surface area contributed by atoms with E-state index in [4.69, 9.17) is 0 Å². The molecule has 2 aromatic rings. The number of para-hydroxylation sites is 1. The van der Waals surface area contributed by atoms with Crippen molar-refractivity contribution in [2.24, 2.45) is 0 Å². The van der Waals surface area contributed by atoms with Crippen LogP contribution in [-0.2, 0) is 17.6 Å². The average Bonchev–Trinajstić information content (AvgIpc) is 2.70. The summed E-state index contributed by atoms with van der Waals surface area (Å²) in [5.74, 6) is 0. The van der Waals surface area contributed by atoms with E-state index in [2.05, 4.69) is 5.32 Å². The Balaban J connectivity index is 2.01. The predicted octanol–water partition coefficient (Wildman–Crippen LogP) is 4.67. The van der Waals surface area contributed by atoms with Gasteiger partial charge in [-0.2, -0.15) is 13.2 Å². The maximum atomic E-state index is 13.1. The molecular weight excluding hydrogens is 303 g/mol. The number of nitrogens with one attached hydrogen (secondary N) is 1. The second kappa shape index (κ2) is 5.91. The van der Waals surface area contributed by atoms with E-state index in [0.717, 1.165) is 28.9 Å². The standard InChI is InChI=1S/C18H14F3NO/c19-18(20,21)15(9-10-23)13-7-8-17-14(11-13)6-5-12-3-1-2-4-16(12)22-17/h1-4,7-11,22H,5-6H2/b15-9+. The van der Waals surface area contributed by atoms with E-state index in [-0.39, 0.29) is 11.8 Å². The summed E-state index contributed by atoms with van der Waals surface area (Å²) in [5.41, 5.74) is 2.79. The van der Waals surface area contributed by atoms with Crippen LogP contribution in [0.15, 0.2) is 48.5 Å². The molecule has 3 rings (SSSR count). The van der Waals surface area contributed by atoms with Crippen molar-refractivity contribution in [3.8, 4) is 0 Å². The first kappa shape index (κ1) is 15.3. The number of anilines is 2. The van der Waals surface area contributed by atoms with E-state index < -0.39 is 11.7 Å². The molecule has 0 radical (unpaired) electrons. The number of rotatable bonds is 2. The van der Waals surface area contributed by atoms with Crippen molar-refractivity contribution >= 4 is 23.2 Å². The lowest BCUT2D eigenvalue weighted by molar-refractivity contribution is -0.104. The maximum absolute atomic E-state index is 13.1. The number of aldehydes is 1. The summed E-state index contributed by atoms with van der Waals surface area (Å²) in [6.07, 6.45) is -2.43. The Morgan fingerprint density at radius 3 is 2.43 bits per heavy atom. The Bertz CT molecular complexity index is 778. The maximum Gasteiger partial charge on any atom is 0.417 e. The average molecular weight is 317 g/mol. The highest BCUT2D eigenvalue weighted by atomic mass is 19.4. The normalized spacial score (nSPS) is 14.3. The summed E-state index contributed by atoms with van der Waals surface area (Å²) in [7, 11) is 0. The molecule has 0 saturated heterocycles. The Labute approximate surface area is 131 Å². The summed E-state index contributed by atoms with van der Waals surface area (Å²) in [5, 5.41) is 3.27. The van der Waals surface area contributed by atoms with Gasteiger partial charge in [0.25, 0.3) is 0 Å². The fourth-order valence-corrected chi connectivity index (χ4v) is 2.79. The summed E-state index contributed by atoms with van der Waals surface area (Å²) < 4.78 is 39.2. The lowest BCUT2D eigenvalue weighted by Crippen LogP contribution is -2.11. The van der Waals surface area contributed by atoms with Crippen LogP contribution < -0.4 is 5.32 Å². The fraction of sp³-hybridized carbons (Fsp3) is 0.167. The third-order valence-corrected chi connectivity index (χ3v) is 3.91. The van der Waals surface area contributed by atoms with Crippen LogP contribution in [0.3, 0.4) is 0 Å². The van der Waals surface area contributed by atoms with Crippen LogP contribution >= 0.6 is 0 Å². The molecule has 1 N–H and O–H groups in total. The topological polar surface area (TPSA) is 29.1 Å². The summed E-state index contributed by atoms with van der Waals surface area (Å²) in [6, 6.07) is 12.3. The smallest absolute Gasteiger partial charge is 0.355 e. The van der Waals surface area contributed by atoms with Gasteiger partial charge in [0.15, 0.2) is 0 Å². The highest BCUT2D eigenvalue weighted by molar-refractivity contribution is 5.84. The molecule has 5 heteroatoms. The molecule has 0 aliphatic carbocycles. The number of allylic oxidation sites excluding steroid dienone is 2. The van der Waals surface area contributed by atoms with E-state index in [1.54, 1.807) is 6.07 Å². The van der Waals surface area contributed by atoms with E-state index in [1.165, 1.54) is 12.1 Å².